The maximum atomic E-state index is 12.6. The smallest absolute Gasteiger partial charge is 0.411 e. The van der Waals surface area contributed by atoms with Crippen molar-refractivity contribution in [2.75, 3.05) is 17.2 Å². The van der Waals surface area contributed by atoms with Crippen LogP contribution in [-0.2, 0) is 24.8 Å². The molecule has 2 amide bonds. The highest BCUT2D eigenvalue weighted by Gasteiger charge is 2.14. The fourth-order valence-corrected chi connectivity index (χ4v) is 2.86. The van der Waals surface area contributed by atoms with E-state index in [-0.39, 0.29) is 23.1 Å². The van der Waals surface area contributed by atoms with E-state index in [1.807, 2.05) is 30.3 Å². The summed E-state index contributed by atoms with van der Waals surface area (Å²) in [7, 11) is 1.66. The van der Waals surface area contributed by atoms with Gasteiger partial charge in [0.25, 0.3) is 5.91 Å². The van der Waals surface area contributed by atoms with E-state index in [1.54, 1.807) is 7.05 Å². The molecule has 156 valence electrons. The Morgan fingerprint density at radius 1 is 1.17 bits per heavy atom. The molecule has 10 heteroatoms. The number of nitrogens with one attached hydrogen (secondary N) is 2. The van der Waals surface area contributed by atoms with E-state index in [0.717, 1.165) is 5.56 Å². The van der Waals surface area contributed by atoms with Crippen molar-refractivity contribution >= 4 is 35.2 Å². The number of nitrogens with zero attached hydrogens (tertiary/aromatic N) is 3. The summed E-state index contributed by atoms with van der Waals surface area (Å²) in [5.41, 5.74) is 6.93. The molecule has 0 aliphatic carbocycles. The second-order valence-electron chi connectivity index (χ2n) is 6.38. The maximum Gasteiger partial charge on any atom is 0.411 e. The predicted octanol–water partition coefficient (Wildman–Crippen LogP) is 2.97. The monoisotopic (exact) mass is 428 g/mol. The zero-order valence-corrected chi connectivity index (χ0v) is 17.0. The van der Waals surface area contributed by atoms with Gasteiger partial charge in [0.05, 0.1) is 0 Å². The lowest BCUT2D eigenvalue weighted by atomic mass is 10.2. The topological polar surface area (TPSA) is 124 Å². The average Bonchev–Trinajstić information content (AvgIpc) is 3.06. The number of carbonyl (C=O) groups is 2. The lowest BCUT2D eigenvalue weighted by Gasteiger charge is -2.10. The van der Waals surface area contributed by atoms with Gasteiger partial charge in [0, 0.05) is 29.7 Å². The van der Waals surface area contributed by atoms with Crippen LogP contribution in [-0.4, -0.2) is 33.3 Å². The number of anilines is 2. The van der Waals surface area contributed by atoms with Crippen molar-refractivity contribution in [1.29, 1.82) is 0 Å². The number of halogens is 1. The van der Waals surface area contributed by atoms with Crippen LogP contribution in [0.4, 0.5) is 16.4 Å². The fraction of sp³-hybridized carbons (Fsp3) is 0.200. The normalized spacial score (nSPS) is 10.5. The van der Waals surface area contributed by atoms with Gasteiger partial charge in [-0.3, -0.25) is 15.4 Å². The van der Waals surface area contributed by atoms with E-state index >= 15 is 0 Å². The van der Waals surface area contributed by atoms with Crippen molar-refractivity contribution in [3.63, 3.8) is 0 Å². The fourth-order valence-electron chi connectivity index (χ4n) is 2.62. The Labute approximate surface area is 178 Å². The predicted molar refractivity (Wildman–Crippen MR) is 113 cm³/mol. The molecule has 0 aliphatic rings. The number of amides is 2. The second kappa shape index (κ2) is 9.86. The zero-order valence-electron chi connectivity index (χ0n) is 16.3. The van der Waals surface area contributed by atoms with Crippen LogP contribution in [0.5, 0.6) is 0 Å². The Hall–Kier alpha value is -3.43. The molecular weight excluding hydrogens is 408 g/mol. The molecule has 0 spiro atoms. The molecule has 9 nitrogen and oxygen atoms in total. The van der Waals surface area contributed by atoms with Gasteiger partial charge in [0.15, 0.2) is 5.82 Å². The molecule has 4 N–H and O–H groups in total. The summed E-state index contributed by atoms with van der Waals surface area (Å²) in [5.74, 6) is 0.359. The molecule has 3 aromatic rings. The van der Waals surface area contributed by atoms with Gasteiger partial charge in [-0.25, -0.2) is 9.48 Å². The largest absolute Gasteiger partial charge is 0.444 e. The van der Waals surface area contributed by atoms with Crippen molar-refractivity contribution < 1.29 is 14.3 Å². The number of carbonyl (C=O) groups excluding carboxylic acids is 2. The summed E-state index contributed by atoms with van der Waals surface area (Å²) < 4.78 is 6.64. The first-order valence-corrected chi connectivity index (χ1v) is 9.52. The maximum absolute atomic E-state index is 12.6. The van der Waals surface area contributed by atoms with Crippen LogP contribution in [0, 0.1) is 0 Å². The number of hydrogen-bond acceptors (Lipinski definition) is 6. The van der Waals surface area contributed by atoms with Crippen LogP contribution >= 0.6 is 11.6 Å². The summed E-state index contributed by atoms with van der Waals surface area (Å²) >= 11 is 6.11. The molecule has 0 fully saturated rings. The van der Waals surface area contributed by atoms with Crippen LogP contribution < -0.4 is 16.4 Å². The van der Waals surface area contributed by atoms with Crippen molar-refractivity contribution in [3.8, 4) is 0 Å². The van der Waals surface area contributed by atoms with E-state index in [4.69, 9.17) is 22.1 Å². The van der Waals surface area contributed by atoms with Gasteiger partial charge in [-0.2, -0.15) is 10.1 Å². The molecule has 0 unspecified atom stereocenters. The Kier molecular flexibility index (Phi) is 6.99. The lowest BCUT2D eigenvalue weighted by Crippen LogP contribution is -2.17. The minimum Gasteiger partial charge on any atom is -0.444 e. The molecule has 30 heavy (non-hydrogen) atoms. The lowest BCUT2D eigenvalue weighted by molar-refractivity contribution is 0.102. The van der Waals surface area contributed by atoms with Gasteiger partial charge < -0.3 is 10.5 Å². The molecule has 0 atom stereocenters. The Bertz CT molecular complexity index is 1040. The van der Waals surface area contributed by atoms with E-state index in [0.29, 0.717) is 24.5 Å². The third-order valence-corrected chi connectivity index (χ3v) is 4.24. The Balaban J connectivity index is 1.65. The van der Waals surface area contributed by atoms with E-state index in [1.165, 1.54) is 22.9 Å². The SMILES string of the molecule is Cn1nc(CCN)nc1NC(=O)c1cc(Cl)cc(NC(=O)OCc2ccccc2)c1. The number of hydrogen-bond donors (Lipinski definition) is 3. The number of benzene rings is 2. The molecule has 0 saturated carbocycles. The first-order valence-electron chi connectivity index (χ1n) is 9.14. The number of aromatic nitrogens is 3. The van der Waals surface area contributed by atoms with Crippen LogP contribution in [0.25, 0.3) is 0 Å². The molecule has 1 aromatic heterocycles. The van der Waals surface area contributed by atoms with Gasteiger partial charge in [-0.1, -0.05) is 41.9 Å². The van der Waals surface area contributed by atoms with Crippen molar-refractivity contribution in [3.05, 3.63) is 70.5 Å². The van der Waals surface area contributed by atoms with Gasteiger partial charge in [0.2, 0.25) is 5.95 Å². The Morgan fingerprint density at radius 2 is 1.93 bits per heavy atom. The highest BCUT2D eigenvalue weighted by molar-refractivity contribution is 6.31. The minimum atomic E-state index is -0.660. The van der Waals surface area contributed by atoms with Gasteiger partial charge >= 0.3 is 6.09 Å². The minimum absolute atomic E-state index is 0.123. The van der Waals surface area contributed by atoms with Gasteiger partial charge in [-0.05, 0) is 30.3 Å². The molecule has 3 rings (SSSR count). The molecule has 0 saturated heterocycles. The van der Waals surface area contributed by atoms with Gasteiger partial charge in [-0.15, -0.1) is 0 Å². The summed E-state index contributed by atoms with van der Waals surface area (Å²) in [6, 6.07) is 13.8. The highest BCUT2D eigenvalue weighted by atomic mass is 35.5. The number of rotatable bonds is 7. The van der Waals surface area contributed by atoms with Crippen LogP contribution in [0.1, 0.15) is 21.7 Å². The molecule has 0 bridgehead atoms. The van der Waals surface area contributed by atoms with Crippen molar-refractivity contribution in [1.82, 2.24) is 14.8 Å². The molecule has 2 aromatic carbocycles. The summed E-state index contributed by atoms with van der Waals surface area (Å²) in [4.78, 5) is 28.9. The van der Waals surface area contributed by atoms with E-state index in [9.17, 15) is 9.59 Å². The average molecular weight is 429 g/mol. The first kappa shape index (κ1) is 21.3. The van der Waals surface area contributed by atoms with E-state index in [2.05, 4.69) is 20.7 Å². The third kappa shape index (κ3) is 5.79. The summed E-state index contributed by atoms with van der Waals surface area (Å²) in [5, 5.41) is 9.70. The van der Waals surface area contributed by atoms with E-state index < -0.39 is 12.0 Å². The van der Waals surface area contributed by atoms with Crippen molar-refractivity contribution in [2.45, 2.75) is 13.0 Å². The standard InChI is InChI=1S/C20H21ClN6O3/c1-27-19(24-17(26-27)7-8-22)25-18(28)14-9-15(21)11-16(10-14)23-20(29)30-12-13-5-3-2-4-6-13/h2-6,9-11H,7-8,12,22H2,1H3,(H,23,29)(H,24,25,26,28). The third-order valence-electron chi connectivity index (χ3n) is 4.02. The zero-order chi connectivity index (χ0) is 21.5. The molecular formula is C20H21ClN6O3. The molecule has 0 radical (unpaired) electrons. The number of ether oxygens (including phenoxy) is 1. The Morgan fingerprint density at radius 3 is 2.67 bits per heavy atom. The van der Waals surface area contributed by atoms with Gasteiger partial charge in [0.1, 0.15) is 6.61 Å². The second-order valence-corrected chi connectivity index (χ2v) is 6.82. The van der Waals surface area contributed by atoms with Crippen LogP contribution in [0.15, 0.2) is 48.5 Å². The van der Waals surface area contributed by atoms with Crippen molar-refractivity contribution in [2.24, 2.45) is 12.8 Å². The van der Waals surface area contributed by atoms with Crippen LogP contribution in [0.3, 0.4) is 0 Å². The quantitative estimate of drug-likeness (QED) is 0.531. The van der Waals surface area contributed by atoms with Crippen LogP contribution in [0.2, 0.25) is 5.02 Å². The highest BCUT2D eigenvalue weighted by Crippen LogP contribution is 2.20. The first-order chi connectivity index (χ1) is 14.4. The molecule has 1 heterocycles. The number of aryl methyl sites for hydroxylation is 1. The summed E-state index contributed by atoms with van der Waals surface area (Å²) in [6.07, 6.45) is -0.160. The number of nitrogens with two attached hydrogens (primary N) is 1. The molecule has 0 aliphatic heterocycles. The summed E-state index contributed by atoms with van der Waals surface area (Å²) in [6.45, 7) is 0.527.